The lowest BCUT2D eigenvalue weighted by Crippen LogP contribution is -2.17. The highest BCUT2D eigenvalue weighted by atomic mass is 35.5. The molecule has 1 unspecified atom stereocenters. The third-order valence-electron chi connectivity index (χ3n) is 3.82. The van der Waals surface area contributed by atoms with Gasteiger partial charge in [-0.15, -0.1) is 0 Å². The molecule has 0 aromatic heterocycles. The molecule has 0 radical (unpaired) electrons. The quantitative estimate of drug-likeness (QED) is 0.862. The van der Waals surface area contributed by atoms with E-state index in [9.17, 15) is 5.11 Å². The minimum Gasteiger partial charge on any atom is -0.493 e. The van der Waals surface area contributed by atoms with Crippen LogP contribution in [0.4, 0.5) is 5.69 Å². The maximum atomic E-state index is 9.90. The fourth-order valence-electron chi connectivity index (χ4n) is 2.79. The van der Waals surface area contributed by atoms with Gasteiger partial charge in [-0.1, -0.05) is 24.4 Å². The fourth-order valence-corrected chi connectivity index (χ4v) is 3.02. The van der Waals surface area contributed by atoms with Gasteiger partial charge in [-0.3, -0.25) is 0 Å². The molecule has 98 valence electrons. The van der Waals surface area contributed by atoms with Crippen molar-refractivity contribution in [2.75, 3.05) is 11.9 Å². The first kappa shape index (κ1) is 12.1. The molecule has 1 fully saturated rings. The van der Waals surface area contributed by atoms with Crippen molar-refractivity contribution in [3.8, 4) is 5.75 Å². The lowest BCUT2D eigenvalue weighted by Gasteiger charge is -2.24. The third kappa shape index (κ3) is 2.29. The highest BCUT2D eigenvalue weighted by Gasteiger charge is 2.22. The summed E-state index contributed by atoms with van der Waals surface area (Å²) >= 11 is 6.28. The second-order valence-electron chi connectivity index (χ2n) is 5.15. The van der Waals surface area contributed by atoms with Crippen LogP contribution in [0.15, 0.2) is 12.1 Å². The van der Waals surface area contributed by atoms with Gasteiger partial charge in [0.15, 0.2) is 0 Å². The normalized spacial score (nSPS) is 23.6. The largest absolute Gasteiger partial charge is 0.493 e. The minimum atomic E-state index is -0.452. The van der Waals surface area contributed by atoms with E-state index in [0.29, 0.717) is 24.1 Å². The molecule has 1 aromatic carbocycles. The van der Waals surface area contributed by atoms with Crippen LogP contribution in [-0.4, -0.2) is 17.8 Å². The third-order valence-corrected chi connectivity index (χ3v) is 4.13. The van der Waals surface area contributed by atoms with E-state index in [-0.39, 0.29) is 0 Å². The molecular weight excluding hydrogens is 250 g/mol. The Kier molecular flexibility index (Phi) is 3.35. The summed E-state index contributed by atoms with van der Waals surface area (Å²) in [5, 5.41) is 14.1. The summed E-state index contributed by atoms with van der Waals surface area (Å²) in [5.41, 5.74) is 1.74. The van der Waals surface area contributed by atoms with E-state index in [1.165, 1.54) is 25.7 Å². The van der Waals surface area contributed by atoms with Gasteiger partial charge in [0.05, 0.1) is 23.4 Å². The van der Waals surface area contributed by atoms with Gasteiger partial charge in [-0.25, -0.2) is 0 Å². The molecule has 0 amide bonds. The molecule has 2 aliphatic rings. The Bertz CT molecular complexity index is 444. The van der Waals surface area contributed by atoms with Crippen LogP contribution in [0.3, 0.4) is 0 Å². The number of benzene rings is 1. The molecule has 1 aromatic rings. The van der Waals surface area contributed by atoms with Crippen molar-refractivity contribution < 1.29 is 9.84 Å². The Labute approximate surface area is 112 Å². The number of aliphatic hydroxyl groups is 1. The summed E-state index contributed by atoms with van der Waals surface area (Å²) in [7, 11) is 0. The Morgan fingerprint density at radius 2 is 2.00 bits per heavy atom. The standard InChI is InChI=1S/C14H18ClNO2/c15-11-7-10-13(17)5-6-18-14(10)8-12(11)16-9-3-1-2-4-9/h7-9,13,16-17H,1-6H2. The zero-order chi connectivity index (χ0) is 12.5. The van der Waals surface area contributed by atoms with Gasteiger partial charge in [0.25, 0.3) is 0 Å². The molecule has 4 heteroatoms. The fraction of sp³-hybridized carbons (Fsp3) is 0.571. The average Bonchev–Trinajstić information content (AvgIpc) is 2.84. The van der Waals surface area contributed by atoms with E-state index in [1.807, 2.05) is 12.1 Å². The summed E-state index contributed by atoms with van der Waals surface area (Å²) < 4.78 is 5.60. The topological polar surface area (TPSA) is 41.5 Å². The van der Waals surface area contributed by atoms with Crippen molar-refractivity contribution in [2.24, 2.45) is 0 Å². The zero-order valence-electron chi connectivity index (χ0n) is 10.3. The van der Waals surface area contributed by atoms with Crippen LogP contribution in [0.2, 0.25) is 5.02 Å². The Hall–Kier alpha value is -0.930. The van der Waals surface area contributed by atoms with Gasteiger partial charge in [-0.05, 0) is 18.9 Å². The van der Waals surface area contributed by atoms with Gasteiger partial charge in [0, 0.05) is 24.1 Å². The number of rotatable bonds is 2. The van der Waals surface area contributed by atoms with E-state index < -0.39 is 6.10 Å². The molecule has 0 spiro atoms. The number of ether oxygens (including phenoxy) is 1. The van der Waals surface area contributed by atoms with Crippen LogP contribution >= 0.6 is 11.6 Å². The molecular formula is C14H18ClNO2. The minimum absolute atomic E-state index is 0.452. The molecule has 2 N–H and O–H groups in total. The van der Waals surface area contributed by atoms with Crippen LogP contribution in [0.1, 0.15) is 43.8 Å². The number of anilines is 1. The molecule has 0 saturated heterocycles. The smallest absolute Gasteiger partial charge is 0.127 e. The van der Waals surface area contributed by atoms with Crippen molar-refractivity contribution in [1.29, 1.82) is 0 Å². The first-order chi connectivity index (χ1) is 8.74. The summed E-state index contributed by atoms with van der Waals surface area (Å²) in [6, 6.07) is 4.28. The molecule has 1 saturated carbocycles. The number of aliphatic hydroxyl groups excluding tert-OH is 1. The van der Waals surface area contributed by atoms with Gasteiger partial charge in [0.2, 0.25) is 0 Å². The van der Waals surface area contributed by atoms with Crippen molar-refractivity contribution in [3.63, 3.8) is 0 Å². The van der Waals surface area contributed by atoms with E-state index in [0.717, 1.165) is 17.0 Å². The summed E-state index contributed by atoms with van der Waals surface area (Å²) in [6.07, 6.45) is 5.17. The first-order valence-electron chi connectivity index (χ1n) is 6.65. The molecule has 1 aliphatic carbocycles. The SMILES string of the molecule is OC1CCOc2cc(NC3CCCC3)c(Cl)cc21. The Morgan fingerprint density at radius 1 is 1.22 bits per heavy atom. The van der Waals surface area contributed by atoms with Gasteiger partial charge in [0.1, 0.15) is 5.75 Å². The molecule has 3 nitrogen and oxygen atoms in total. The van der Waals surface area contributed by atoms with Crippen LogP contribution in [0, 0.1) is 0 Å². The molecule has 3 rings (SSSR count). The predicted molar refractivity (Wildman–Crippen MR) is 72.4 cm³/mol. The molecule has 1 aliphatic heterocycles. The maximum absolute atomic E-state index is 9.90. The van der Waals surface area contributed by atoms with E-state index in [1.54, 1.807) is 0 Å². The second kappa shape index (κ2) is 4.98. The Balaban J connectivity index is 1.86. The predicted octanol–water partition coefficient (Wildman–Crippen LogP) is 3.51. The molecule has 1 atom stereocenters. The van der Waals surface area contributed by atoms with Crippen molar-refractivity contribution in [3.05, 3.63) is 22.7 Å². The van der Waals surface area contributed by atoms with Crippen LogP contribution in [0.5, 0.6) is 5.75 Å². The van der Waals surface area contributed by atoms with E-state index >= 15 is 0 Å². The summed E-state index contributed by atoms with van der Waals surface area (Å²) in [4.78, 5) is 0. The van der Waals surface area contributed by atoms with Gasteiger partial charge < -0.3 is 15.2 Å². The molecule has 0 bridgehead atoms. The number of fused-ring (bicyclic) bond motifs is 1. The summed E-state index contributed by atoms with van der Waals surface area (Å²) in [5.74, 6) is 0.763. The number of hydrogen-bond donors (Lipinski definition) is 2. The maximum Gasteiger partial charge on any atom is 0.127 e. The lowest BCUT2D eigenvalue weighted by atomic mass is 10.0. The van der Waals surface area contributed by atoms with Crippen molar-refractivity contribution in [2.45, 2.75) is 44.2 Å². The second-order valence-corrected chi connectivity index (χ2v) is 5.56. The molecule has 1 heterocycles. The van der Waals surface area contributed by atoms with Crippen LogP contribution in [0.25, 0.3) is 0 Å². The number of nitrogens with one attached hydrogen (secondary N) is 1. The summed E-state index contributed by atoms with van der Waals surface area (Å²) in [6.45, 7) is 0.568. The average molecular weight is 268 g/mol. The van der Waals surface area contributed by atoms with Crippen molar-refractivity contribution in [1.82, 2.24) is 0 Å². The first-order valence-corrected chi connectivity index (χ1v) is 7.02. The number of halogens is 1. The van der Waals surface area contributed by atoms with E-state index in [2.05, 4.69) is 5.32 Å². The highest BCUT2D eigenvalue weighted by molar-refractivity contribution is 6.33. The van der Waals surface area contributed by atoms with Crippen LogP contribution in [-0.2, 0) is 0 Å². The number of hydrogen-bond acceptors (Lipinski definition) is 3. The van der Waals surface area contributed by atoms with Gasteiger partial charge >= 0.3 is 0 Å². The lowest BCUT2D eigenvalue weighted by molar-refractivity contribution is 0.115. The highest BCUT2D eigenvalue weighted by Crippen LogP contribution is 2.39. The molecule has 18 heavy (non-hydrogen) atoms. The van der Waals surface area contributed by atoms with Crippen molar-refractivity contribution >= 4 is 17.3 Å². The zero-order valence-corrected chi connectivity index (χ0v) is 11.0. The Morgan fingerprint density at radius 3 is 2.78 bits per heavy atom. The monoisotopic (exact) mass is 267 g/mol. The van der Waals surface area contributed by atoms with Crippen LogP contribution < -0.4 is 10.1 Å². The van der Waals surface area contributed by atoms with E-state index in [4.69, 9.17) is 16.3 Å². The van der Waals surface area contributed by atoms with Gasteiger partial charge in [-0.2, -0.15) is 0 Å².